The lowest BCUT2D eigenvalue weighted by Gasteiger charge is -2.07. The van der Waals surface area contributed by atoms with Crippen LogP contribution in [0.4, 0.5) is 0 Å². The van der Waals surface area contributed by atoms with Crippen molar-refractivity contribution in [2.45, 2.75) is 11.8 Å². The van der Waals surface area contributed by atoms with Gasteiger partial charge in [-0.2, -0.15) is 0 Å². The number of halogens is 1. The highest BCUT2D eigenvalue weighted by Gasteiger charge is 2.20. The number of benzene rings is 1. The van der Waals surface area contributed by atoms with Crippen LogP contribution in [0.5, 0.6) is 0 Å². The molecule has 0 saturated carbocycles. The summed E-state index contributed by atoms with van der Waals surface area (Å²) in [6.45, 7) is 1.91. The van der Waals surface area contributed by atoms with Crippen LogP contribution in [0.25, 0.3) is 11.2 Å². The van der Waals surface area contributed by atoms with Crippen molar-refractivity contribution in [2.75, 3.05) is 0 Å². The lowest BCUT2D eigenvalue weighted by Crippen LogP contribution is -2.12. The maximum atomic E-state index is 12.6. The lowest BCUT2D eigenvalue weighted by molar-refractivity contribution is 0.588. The smallest absolute Gasteiger partial charge is 0.250 e. The Morgan fingerprint density at radius 2 is 1.85 bits per heavy atom. The highest BCUT2D eigenvalue weighted by atomic mass is 79.9. The number of hydrogen-bond acceptors (Lipinski definition) is 4. The first-order chi connectivity index (χ1) is 9.48. The average molecular weight is 352 g/mol. The number of hydrogen-bond donors (Lipinski definition) is 0. The van der Waals surface area contributed by atoms with Crippen molar-refractivity contribution in [1.82, 2.24) is 13.9 Å². The summed E-state index contributed by atoms with van der Waals surface area (Å²) in [6.07, 6.45) is 3.00. The zero-order chi connectivity index (χ0) is 14.3. The molecular formula is C13H10BrN3O2S. The predicted octanol–water partition coefficient (Wildman–Crippen LogP) is 2.74. The minimum atomic E-state index is -3.66. The third kappa shape index (κ3) is 2.12. The van der Waals surface area contributed by atoms with E-state index in [4.69, 9.17) is 0 Å². The molecule has 20 heavy (non-hydrogen) atoms. The van der Waals surface area contributed by atoms with Gasteiger partial charge in [0.1, 0.15) is 10.1 Å². The Morgan fingerprint density at radius 1 is 1.15 bits per heavy atom. The molecule has 0 fully saturated rings. The Balaban J connectivity index is 2.23. The highest BCUT2D eigenvalue weighted by molar-refractivity contribution is 9.10. The van der Waals surface area contributed by atoms with Gasteiger partial charge in [-0.1, -0.05) is 17.7 Å². The van der Waals surface area contributed by atoms with Crippen molar-refractivity contribution in [1.29, 1.82) is 0 Å². The average Bonchev–Trinajstić information content (AvgIpc) is 2.82. The number of aromatic nitrogens is 3. The molecule has 102 valence electrons. The Morgan fingerprint density at radius 3 is 2.55 bits per heavy atom. The standard InChI is InChI=1S/C13H10BrN3O2S/c1-9-2-4-10(5-3-9)20(18,19)17-7-6-11-13(17)16-12(14)8-15-11/h2-8H,1H3. The second-order valence-electron chi connectivity index (χ2n) is 4.33. The van der Waals surface area contributed by atoms with Gasteiger partial charge in [-0.15, -0.1) is 0 Å². The van der Waals surface area contributed by atoms with Crippen LogP contribution in [0.15, 0.2) is 52.2 Å². The summed E-state index contributed by atoms with van der Waals surface area (Å²) < 4.78 is 26.9. The van der Waals surface area contributed by atoms with E-state index in [0.29, 0.717) is 15.8 Å². The molecular weight excluding hydrogens is 342 g/mol. The minimum Gasteiger partial charge on any atom is -0.250 e. The molecule has 0 radical (unpaired) electrons. The van der Waals surface area contributed by atoms with Gasteiger partial charge in [0.2, 0.25) is 0 Å². The molecule has 0 aliphatic carbocycles. The van der Waals surface area contributed by atoms with Gasteiger partial charge in [0.15, 0.2) is 5.65 Å². The number of aryl methyl sites for hydroxylation is 1. The topological polar surface area (TPSA) is 64.8 Å². The summed E-state index contributed by atoms with van der Waals surface area (Å²) in [4.78, 5) is 8.54. The molecule has 3 aromatic rings. The van der Waals surface area contributed by atoms with Crippen LogP contribution < -0.4 is 0 Å². The van der Waals surface area contributed by atoms with Crippen LogP contribution in [0.3, 0.4) is 0 Å². The summed E-state index contributed by atoms with van der Waals surface area (Å²) in [5, 5.41) is 0. The van der Waals surface area contributed by atoms with Crippen molar-refractivity contribution >= 4 is 37.1 Å². The van der Waals surface area contributed by atoms with E-state index >= 15 is 0 Å². The van der Waals surface area contributed by atoms with E-state index in [-0.39, 0.29) is 4.90 Å². The summed E-state index contributed by atoms with van der Waals surface area (Å²) in [5.41, 5.74) is 1.84. The molecule has 3 rings (SSSR count). The second-order valence-corrected chi connectivity index (χ2v) is 6.96. The fourth-order valence-electron chi connectivity index (χ4n) is 1.87. The summed E-state index contributed by atoms with van der Waals surface area (Å²) in [5.74, 6) is 0. The van der Waals surface area contributed by atoms with E-state index in [1.54, 1.807) is 30.3 Å². The largest absolute Gasteiger partial charge is 0.269 e. The molecule has 2 aromatic heterocycles. The quantitative estimate of drug-likeness (QED) is 0.711. The van der Waals surface area contributed by atoms with Crippen LogP contribution in [-0.4, -0.2) is 22.4 Å². The molecule has 0 aliphatic heterocycles. The minimum absolute atomic E-state index is 0.224. The van der Waals surface area contributed by atoms with Crippen LogP contribution in [-0.2, 0) is 10.0 Å². The highest BCUT2D eigenvalue weighted by Crippen LogP contribution is 2.21. The third-order valence-corrected chi connectivity index (χ3v) is 4.97. The van der Waals surface area contributed by atoms with E-state index in [1.807, 2.05) is 6.92 Å². The number of fused-ring (bicyclic) bond motifs is 1. The summed E-state index contributed by atoms with van der Waals surface area (Å²) in [7, 11) is -3.66. The zero-order valence-corrected chi connectivity index (χ0v) is 12.9. The van der Waals surface area contributed by atoms with E-state index in [2.05, 4.69) is 25.9 Å². The normalized spacial score (nSPS) is 11.9. The van der Waals surface area contributed by atoms with Gasteiger partial charge in [-0.3, -0.25) is 4.98 Å². The SMILES string of the molecule is Cc1ccc(S(=O)(=O)n2ccc3ncc(Br)nc32)cc1. The van der Waals surface area contributed by atoms with Crippen molar-refractivity contribution in [3.05, 3.63) is 52.9 Å². The van der Waals surface area contributed by atoms with Crippen LogP contribution in [0.2, 0.25) is 0 Å². The molecule has 7 heteroatoms. The monoisotopic (exact) mass is 351 g/mol. The van der Waals surface area contributed by atoms with Crippen molar-refractivity contribution in [3.8, 4) is 0 Å². The van der Waals surface area contributed by atoms with Gasteiger partial charge in [-0.05, 0) is 41.1 Å². The molecule has 0 spiro atoms. The molecule has 0 atom stereocenters. The van der Waals surface area contributed by atoms with Gasteiger partial charge >= 0.3 is 0 Å². The van der Waals surface area contributed by atoms with Crippen molar-refractivity contribution in [2.24, 2.45) is 0 Å². The summed E-state index contributed by atoms with van der Waals surface area (Å²) in [6, 6.07) is 8.32. The first-order valence-corrected chi connectivity index (χ1v) is 8.03. The Bertz CT molecular complexity index is 886. The Labute approximate surface area is 124 Å². The van der Waals surface area contributed by atoms with Crippen LogP contribution in [0, 0.1) is 6.92 Å². The lowest BCUT2D eigenvalue weighted by atomic mass is 10.2. The molecule has 0 N–H and O–H groups in total. The molecule has 2 heterocycles. The number of rotatable bonds is 2. The molecule has 0 saturated heterocycles. The summed E-state index contributed by atoms with van der Waals surface area (Å²) >= 11 is 3.20. The molecule has 5 nitrogen and oxygen atoms in total. The van der Waals surface area contributed by atoms with E-state index in [9.17, 15) is 8.42 Å². The maximum absolute atomic E-state index is 12.6. The van der Waals surface area contributed by atoms with Gasteiger partial charge in [0.25, 0.3) is 10.0 Å². The maximum Gasteiger partial charge on any atom is 0.269 e. The second kappa shape index (κ2) is 4.68. The predicted molar refractivity (Wildman–Crippen MR) is 79.0 cm³/mol. The number of nitrogens with zero attached hydrogens (tertiary/aromatic N) is 3. The molecule has 0 bridgehead atoms. The third-order valence-electron chi connectivity index (χ3n) is 2.91. The fraction of sp³-hybridized carbons (Fsp3) is 0.0769. The first kappa shape index (κ1) is 13.3. The van der Waals surface area contributed by atoms with Gasteiger partial charge in [0, 0.05) is 6.20 Å². The first-order valence-electron chi connectivity index (χ1n) is 5.80. The van der Waals surface area contributed by atoms with Gasteiger partial charge < -0.3 is 0 Å². The molecule has 0 aliphatic rings. The van der Waals surface area contributed by atoms with Crippen LogP contribution >= 0.6 is 15.9 Å². The molecule has 1 aromatic carbocycles. The Kier molecular flexibility index (Phi) is 3.10. The zero-order valence-electron chi connectivity index (χ0n) is 10.5. The van der Waals surface area contributed by atoms with E-state index in [1.165, 1.54) is 12.4 Å². The van der Waals surface area contributed by atoms with E-state index < -0.39 is 10.0 Å². The fourth-order valence-corrected chi connectivity index (χ4v) is 3.43. The molecule has 0 unspecified atom stereocenters. The van der Waals surface area contributed by atoms with Crippen molar-refractivity contribution < 1.29 is 8.42 Å². The van der Waals surface area contributed by atoms with E-state index in [0.717, 1.165) is 9.54 Å². The van der Waals surface area contributed by atoms with Gasteiger partial charge in [-0.25, -0.2) is 17.4 Å². The van der Waals surface area contributed by atoms with Crippen molar-refractivity contribution in [3.63, 3.8) is 0 Å². The Hall–Kier alpha value is -1.73. The molecule has 0 amide bonds. The van der Waals surface area contributed by atoms with Crippen LogP contribution in [0.1, 0.15) is 5.56 Å². The van der Waals surface area contributed by atoms with Gasteiger partial charge in [0.05, 0.1) is 11.1 Å².